The van der Waals surface area contributed by atoms with Crippen LogP contribution in [0.2, 0.25) is 0 Å². The molecule has 1 saturated heterocycles. The van der Waals surface area contributed by atoms with Crippen molar-refractivity contribution in [2.75, 3.05) is 19.0 Å². The van der Waals surface area contributed by atoms with E-state index in [0.29, 0.717) is 6.04 Å². The Morgan fingerprint density at radius 3 is 2.45 bits per heavy atom. The highest BCUT2D eigenvalue weighted by atomic mass is 35.5. The quantitative estimate of drug-likeness (QED) is 0.596. The van der Waals surface area contributed by atoms with Crippen LogP contribution in [-0.4, -0.2) is 29.9 Å². The van der Waals surface area contributed by atoms with Crippen molar-refractivity contribution >= 4 is 11.6 Å². The van der Waals surface area contributed by atoms with Gasteiger partial charge in [-0.05, 0) is 39.3 Å². The molecule has 0 amide bonds. The predicted molar refractivity (Wildman–Crippen MR) is 50.2 cm³/mol. The summed E-state index contributed by atoms with van der Waals surface area (Å²) in [7, 11) is 0. The van der Waals surface area contributed by atoms with Crippen molar-refractivity contribution in [3.63, 3.8) is 0 Å². The number of nitrogens with zero attached hydrogens (tertiary/aromatic N) is 1. The first kappa shape index (κ1) is 9.34. The zero-order valence-electron chi connectivity index (χ0n) is 7.35. The molecule has 0 aromatic carbocycles. The number of halogens is 1. The van der Waals surface area contributed by atoms with Crippen LogP contribution in [0.15, 0.2) is 0 Å². The minimum absolute atomic E-state index is 0.702. The number of likely N-dealkylation sites (tertiary alicyclic amines) is 1. The van der Waals surface area contributed by atoms with Crippen molar-refractivity contribution in [1.82, 2.24) is 4.90 Å². The fourth-order valence-electron chi connectivity index (χ4n) is 1.70. The largest absolute Gasteiger partial charge is 0.301 e. The molecular formula is C9H18ClN. The first-order chi connectivity index (χ1) is 5.34. The SMILES string of the molecule is CC(CCCl)N1CCCCC1. The van der Waals surface area contributed by atoms with E-state index in [2.05, 4.69) is 11.8 Å². The molecule has 0 N–H and O–H groups in total. The van der Waals surface area contributed by atoms with E-state index in [1.807, 2.05) is 0 Å². The highest BCUT2D eigenvalue weighted by molar-refractivity contribution is 6.17. The lowest BCUT2D eigenvalue weighted by atomic mass is 10.1. The Labute approximate surface area is 74.7 Å². The van der Waals surface area contributed by atoms with Gasteiger partial charge in [0.25, 0.3) is 0 Å². The second-order valence-electron chi connectivity index (χ2n) is 3.42. The summed E-state index contributed by atoms with van der Waals surface area (Å²) in [5, 5.41) is 0. The summed E-state index contributed by atoms with van der Waals surface area (Å²) < 4.78 is 0. The van der Waals surface area contributed by atoms with E-state index in [-0.39, 0.29) is 0 Å². The first-order valence-corrected chi connectivity index (χ1v) is 5.18. The second-order valence-corrected chi connectivity index (χ2v) is 3.80. The van der Waals surface area contributed by atoms with E-state index >= 15 is 0 Å². The lowest BCUT2D eigenvalue weighted by molar-refractivity contribution is 0.171. The zero-order chi connectivity index (χ0) is 8.10. The maximum atomic E-state index is 5.69. The van der Waals surface area contributed by atoms with Crippen molar-refractivity contribution in [3.8, 4) is 0 Å². The van der Waals surface area contributed by atoms with Gasteiger partial charge in [0.2, 0.25) is 0 Å². The van der Waals surface area contributed by atoms with Gasteiger partial charge in [-0.15, -0.1) is 11.6 Å². The average Bonchev–Trinajstić information content (AvgIpc) is 2.07. The topological polar surface area (TPSA) is 3.24 Å². The van der Waals surface area contributed by atoms with Crippen LogP contribution in [0.3, 0.4) is 0 Å². The average molecular weight is 176 g/mol. The smallest absolute Gasteiger partial charge is 0.0238 e. The van der Waals surface area contributed by atoms with Crippen molar-refractivity contribution in [3.05, 3.63) is 0 Å². The van der Waals surface area contributed by atoms with Crippen LogP contribution >= 0.6 is 11.6 Å². The molecule has 1 aliphatic rings. The van der Waals surface area contributed by atoms with E-state index in [1.54, 1.807) is 0 Å². The molecular weight excluding hydrogens is 158 g/mol. The van der Waals surface area contributed by atoms with Crippen LogP contribution < -0.4 is 0 Å². The highest BCUT2D eigenvalue weighted by Gasteiger charge is 2.15. The van der Waals surface area contributed by atoms with Gasteiger partial charge in [0.1, 0.15) is 0 Å². The van der Waals surface area contributed by atoms with E-state index in [4.69, 9.17) is 11.6 Å². The minimum Gasteiger partial charge on any atom is -0.301 e. The molecule has 1 atom stereocenters. The Kier molecular flexibility index (Phi) is 4.24. The van der Waals surface area contributed by atoms with Gasteiger partial charge >= 0.3 is 0 Å². The molecule has 1 fully saturated rings. The van der Waals surface area contributed by atoms with Crippen LogP contribution in [0.5, 0.6) is 0 Å². The molecule has 66 valence electrons. The fraction of sp³-hybridized carbons (Fsp3) is 1.00. The minimum atomic E-state index is 0.702. The fourth-order valence-corrected chi connectivity index (χ4v) is 2.02. The molecule has 0 aromatic heterocycles. The van der Waals surface area contributed by atoms with Crippen LogP contribution in [0.4, 0.5) is 0 Å². The first-order valence-electron chi connectivity index (χ1n) is 4.64. The normalized spacial score (nSPS) is 23.5. The van der Waals surface area contributed by atoms with Crippen LogP contribution in [0.1, 0.15) is 32.6 Å². The Hall–Kier alpha value is 0.250. The maximum absolute atomic E-state index is 5.69. The molecule has 1 heterocycles. The van der Waals surface area contributed by atoms with Gasteiger partial charge in [-0.2, -0.15) is 0 Å². The molecule has 11 heavy (non-hydrogen) atoms. The molecule has 2 heteroatoms. The van der Waals surface area contributed by atoms with Gasteiger partial charge < -0.3 is 4.90 Å². The maximum Gasteiger partial charge on any atom is 0.0238 e. The van der Waals surface area contributed by atoms with Crippen LogP contribution in [-0.2, 0) is 0 Å². The summed E-state index contributed by atoms with van der Waals surface area (Å²) >= 11 is 5.69. The second kappa shape index (κ2) is 5.00. The molecule has 1 nitrogen and oxygen atoms in total. The van der Waals surface area contributed by atoms with Gasteiger partial charge in [-0.1, -0.05) is 6.42 Å². The number of piperidine rings is 1. The molecule has 0 bridgehead atoms. The van der Waals surface area contributed by atoms with E-state index in [9.17, 15) is 0 Å². The van der Waals surface area contributed by atoms with Crippen molar-refractivity contribution in [2.45, 2.75) is 38.6 Å². The standard InChI is InChI=1S/C9H18ClN/c1-9(5-6-10)11-7-3-2-4-8-11/h9H,2-8H2,1H3. The third kappa shape index (κ3) is 3.00. The van der Waals surface area contributed by atoms with E-state index < -0.39 is 0 Å². The van der Waals surface area contributed by atoms with Gasteiger partial charge in [0.05, 0.1) is 0 Å². The molecule has 1 unspecified atom stereocenters. The summed E-state index contributed by atoms with van der Waals surface area (Å²) in [4.78, 5) is 2.56. The number of hydrogen-bond acceptors (Lipinski definition) is 1. The zero-order valence-corrected chi connectivity index (χ0v) is 8.11. The van der Waals surface area contributed by atoms with Crippen molar-refractivity contribution in [1.29, 1.82) is 0 Å². The lowest BCUT2D eigenvalue weighted by Crippen LogP contribution is -2.37. The summed E-state index contributed by atoms with van der Waals surface area (Å²) in [6.07, 6.45) is 5.32. The van der Waals surface area contributed by atoms with Gasteiger partial charge in [-0.25, -0.2) is 0 Å². The molecule has 0 saturated carbocycles. The van der Waals surface area contributed by atoms with Gasteiger partial charge in [0.15, 0.2) is 0 Å². The van der Waals surface area contributed by atoms with Crippen molar-refractivity contribution in [2.24, 2.45) is 0 Å². The predicted octanol–water partition coefficient (Wildman–Crippen LogP) is 2.49. The van der Waals surface area contributed by atoms with E-state index in [0.717, 1.165) is 12.3 Å². The van der Waals surface area contributed by atoms with Gasteiger partial charge in [-0.3, -0.25) is 0 Å². The monoisotopic (exact) mass is 175 g/mol. The number of hydrogen-bond donors (Lipinski definition) is 0. The third-order valence-electron chi connectivity index (χ3n) is 2.54. The Morgan fingerprint density at radius 2 is 1.91 bits per heavy atom. The number of alkyl halides is 1. The summed E-state index contributed by atoms with van der Waals surface area (Å²) in [6, 6.07) is 0.702. The Balaban J connectivity index is 2.21. The molecule has 0 spiro atoms. The molecule has 1 rings (SSSR count). The molecule has 0 aliphatic carbocycles. The summed E-state index contributed by atoms with van der Waals surface area (Å²) in [5.74, 6) is 0.803. The lowest BCUT2D eigenvalue weighted by Gasteiger charge is -2.31. The highest BCUT2D eigenvalue weighted by Crippen LogP contribution is 2.13. The third-order valence-corrected chi connectivity index (χ3v) is 2.76. The van der Waals surface area contributed by atoms with Crippen LogP contribution in [0.25, 0.3) is 0 Å². The Morgan fingerprint density at radius 1 is 1.27 bits per heavy atom. The van der Waals surface area contributed by atoms with Gasteiger partial charge in [0, 0.05) is 11.9 Å². The van der Waals surface area contributed by atoms with Crippen molar-refractivity contribution < 1.29 is 0 Å². The van der Waals surface area contributed by atoms with Crippen LogP contribution in [0, 0.1) is 0 Å². The summed E-state index contributed by atoms with van der Waals surface area (Å²) in [6.45, 7) is 4.86. The molecule has 0 aromatic rings. The Bertz CT molecular complexity index is 99.7. The molecule has 1 aliphatic heterocycles. The molecule has 0 radical (unpaired) electrons. The van der Waals surface area contributed by atoms with E-state index in [1.165, 1.54) is 32.4 Å². The number of rotatable bonds is 3. The summed E-state index contributed by atoms with van der Waals surface area (Å²) in [5.41, 5.74) is 0.